The zero-order valence-corrected chi connectivity index (χ0v) is 16.8. The van der Waals surface area contributed by atoms with Crippen molar-refractivity contribution in [2.45, 2.75) is 38.8 Å². The molecule has 0 unspecified atom stereocenters. The van der Waals surface area contributed by atoms with Crippen molar-refractivity contribution in [1.82, 2.24) is 10.2 Å². The molecular weight excluding hydrogens is 352 g/mol. The Morgan fingerprint density at radius 3 is 2.25 bits per heavy atom. The van der Waals surface area contributed by atoms with Gasteiger partial charge in [0.05, 0.1) is 0 Å². The number of hydrogen-bond donors (Lipinski definition) is 1. The van der Waals surface area contributed by atoms with E-state index in [0.717, 1.165) is 43.7 Å². The molecule has 150 valence electrons. The van der Waals surface area contributed by atoms with Gasteiger partial charge in [-0.05, 0) is 61.7 Å². The second-order valence-electron chi connectivity index (χ2n) is 7.33. The van der Waals surface area contributed by atoms with E-state index < -0.39 is 0 Å². The highest BCUT2D eigenvalue weighted by Crippen LogP contribution is 2.19. The molecule has 1 aliphatic heterocycles. The zero-order chi connectivity index (χ0) is 19.8. The number of aryl methyl sites for hydroxylation is 1. The summed E-state index contributed by atoms with van der Waals surface area (Å²) in [5, 5.41) is 2.89. The van der Waals surface area contributed by atoms with Gasteiger partial charge in [-0.2, -0.15) is 0 Å². The Bertz CT molecular complexity index is 735. The number of benzene rings is 2. The SMILES string of the molecule is CCc1ccc(OCC(=O)NCc2ccc(OC3CCN(C)CC3)cc2)cc1. The van der Waals surface area contributed by atoms with Crippen LogP contribution >= 0.6 is 0 Å². The molecular formula is C23H30N2O3. The van der Waals surface area contributed by atoms with E-state index in [1.807, 2.05) is 48.5 Å². The normalized spacial score (nSPS) is 15.2. The molecule has 1 fully saturated rings. The summed E-state index contributed by atoms with van der Waals surface area (Å²) < 4.78 is 11.6. The molecule has 0 aliphatic carbocycles. The molecule has 5 heteroatoms. The van der Waals surface area contributed by atoms with Gasteiger partial charge in [-0.3, -0.25) is 4.79 Å². The summed E-state index contributed by atoms with van der Waals surface area (Å²) >= 11 is 0. The summed E-state index contributed by atoms with van der Waals surface area (Å²) in [6, 6.07) is 15.8. The highest BCUT2D eigenvalue weighted by atomic mass is 16.5. The zero-order valence-electron chi connectivity index (χ0n) is 16.8. The molecule has 3 rings (SSSR count). The fourth-order valence-corrected chi connectivity index (χ4v) is 3.20. The third-order valence-corrected chi connectivity index (χ3v) is 5.08. The standard InChI is InChI=1S/C23H30N2O3/c1-3-18-4-8-20(9-5-18)27-17-23(26)24-16-19-6-10-21(11-7-19)28-22-12-14-25(2)15-13-22/h4-11,22H,3,12-17H2,1-2H3,(H,24,26). The summed E-state index contributed by atoms with van der Waals surface area (Å²) in [6.07, 6.45) is 3.42. The van der Waals surface area contributed by atoms with E-state index in [1.54, 1.807) is 0 Å². The van der Waals surface area contributed by atoms with Gasteiger partial charge in [-0.25, -0.2) is 0 Å². The fraction of sp³-hybridized carbons (Fsp3) is 0.435. The molecule has 1 saturated heterocycles. The number of carbonyl (C=O) groups is 1. The fourth-order valence-electron chi connectivity index (χ4n) is 3.20. The molecule has 2 aromatic rings. The molecule has 1 aliphatic rings. The number of hydrogen-bond acceptors (Lipinski definition) is 4. The van der Waals surface area contributed by atoms with Gasteiger partial charge in [0, 0.05) is 19.6 Å². The van der Waals surface area contributed by atoms with Crippen molar-refractivity contribution >= 4 is 5.91 Å². The van der Waals surface area contributed by atoms with Crippen molar-refractivity contribution in [3.05, 3.63) is 59.7 Å². The van der Waals surface area contributed by atoms with Gasteiger partial charge >= 0.3 is 0 Å². The van der Waals surface area contributed by atoms with E-state index in [9.17, 15) is 4.79 Å². The molecule has 1 N–H and O–H groups in total. The maximum atomic E-state index is 12.0. The number of rotatable bonds is 8. The third-order valence-electron chi connectivity index (χ3n) is 5.08. The smallest absolute Gasteiger partial charge is 0.258 e. The molecule has 1 heterocycles. The maximum Gasteiger partial charge on any atom is 0.258 e. The Hall–Kier alpha value is -2.53. The first-order valence-electron chi connectivity index (χ1n) is 10.0. The molecule has 0 radical (unpaired) electrons. The van der Waals surface area contributed by atoms with Crippen molar-refractivity contribution in [2.75, 3.05) is 26.7 Å². The van der Waals surface area contributed by atoms with Crippen molar-refractivity contribution < 1.29 is 14.3 Å². The van der Waals surface area contributed by atoms with Crippen LogP contribution in [0.1, 0.15) is 30.9 Å². The first-order valence-corrected chi connectivity index (χ1v) is 10.0. The van der Waals surface area contributed by atoms with Gasteiger partial charge in [0.2, 0.25) is 0 Å². The minimum atomic E-state index is -0.133. The van der Waals surface area contributed by atoms with Gasteiger partial charge in [0.25, 0.3) is 5.91 Å². The Balaban J connectivity index is 1.38. The van der Waals surface area contributed by atoms with Crippen LogP contribution in [0.2, 0.25) is 0 Å². The Labute approximate surface area is 167 Å². The van der Waals surface area contributed by atoms with E-state index in [-0.39, 0.29) is 12.5 Å². The summed E-state index contributed by atoms with van der Waals surface area (Å²) in [6.45, 7) is 4.77. The molecule has 0 atom stereocenters. The Kier molecular flexibility index (Phi) is 7.31. The van der Waals surface area contributed by atoms with Crippen molar-refractivity contribution in [2.24, 2.45) is 0 Å². The van der Waals surface area contributed by atoms with Crippen molar-refractivity contribution in [1.29, 1.82) is 0 Å². The summed E-state index contributed by atoms with van der Waals surface area (Å²) in [7, 11) is 2.15. The quantitative estimate of drug-likeness (QED) is 0.760. The lowest BCUT2D eigenvalue weighted by Gasteiger charge is -2.29. The lowest BCUT2D eigenvalue weighted by Crippen LogP contribution is -2.35. The van der Waals surface area contributed by atoms with E-state index in [4.69, 9.17) is 9.47 Å². The molecule has 0 saturated carbocycles. The van der Waals surface area contributed by atoms with E-state index in [1.165, 1.54) is 5.56 Å². The van der Waals surface area contributed by atoms with Crippen LogP contribution in [0, 0.1) is 0 Å². The van der Waals surface area contributed by atoms with E-state index in [2.05, 4.69) is 24.2 Å². The van der Waals surface area contributed by atoms with Crippen LogP contribution in [0.5, 0.6) is 11.5 Å². The topological polar surface area (TPSA) is 50.8 Å². The number of nitrogens with one attached hydrogen (secondary N) is 1. The van der Waals surface area contributed by atoms with Crippen LogP contribution in [0.15, 0.2) is 48.5 Å². The Morgan fingerprint density at radius 2 is 1.61 bits per heavy atom. The number of carbonyl (C=O) groups excluding carboxylic acids is 1. The number of likely N-dealkylation sites (tertiary alicyclic amines) is 1. The van der Waals surface area contributed by atoms with E-state index >= 15 is 0 Å². The van der Waals surface area contributed by atoms with Gasteiger partial charge in [0.1, 0.15) is 17.6 Å². The van der Waals surface area contributed by atoms with Gasteiger partial charge < -0.3 is 19.7 Å². The van der Waals surface area contributed by atoms with Crippen LogP contribution in [0.25, 0.3) is 0 Å². The highest BCUT2D eigenvalue weighted by Gasteiger charge is 2.17. The predicted octanol–water partition coefficient (Wildman–Crippen LogP) is 3.42. The molecule has 2 aromatic carbocycles. The van der Waals surface area contributed by atoms with Gasteiger partial charge in [-0.1, -0.05) is 31.2 Å². The lowest BCUT2D eigenvalue weighted by atomic mass is 10.1. The molecule has 0 bridgehead atoms. The minimum absolute atomic E-state index is 0.0167. The van der Waals surface area contributed by atoms with Crippen molar-refractivity contribution in [3.8, 4) is 11.5 Å². The minimum Gasteiger partial charge on any atom is -0.490 e. The summed E-state index contributed by atoms with van der Waals surface area (Å²) in [5.41, 5.74) is 2.29. The number of piperidine rings is 1. The van der Waals surface area contributed by atoms with Crippen molar-refractivity contribution in [3.63, 3.8) is 0 Å². The molecule has 0 spiro atoms. The third kappa shape index (κ3) is 6.27. The first kappa shape index (κ1) is 20.2. The Morgan fingerprint density at radius 1 is 1.00 bits per heavy atom. The second-order valence-corrected chi connectivity index (χ2v) is 7.33. The van der Waals surface area contributed by atoms with E-state index in [0.29, 0.717) is 18.4 Å². The maximum absolute atomic E-state index is 12.0. The van der Waals surface area contributed by atoms with Gasteiger partial charge in [-0.15, -0.1) is 0 Å². The summed E-state index contributed by atoms with van der Waals surface area (Å²) in [5.74, 6) is 1.47. The van der Waals surface area contributed by atoms with Crippen LogP contribution in [0.4, 0.5) is 0 Å². The monoisotopic (exact) mass is 382 g/mol. The lowest BCUT2D eigenvalue weighted by molar-refractivity contribution is -0.123. The average Bonchev–Trinajstić information content (AvgIpc) is 2.74. The second kappa shape index (κ2) is 10.1. The molecule has 28 heavy (non-hydrogen) atoms. The van der Waals surface area contributed by atoms with Crippen LogP contribution < -0.4 is 14.8 Å². The average molecular weight is 383 g/mol. The molecule has 5 nitrogen and oxygen atoms in total. The number of ether oxygens (including phenoxy) is 2. The summed E-state index contributed by atoms with van der Waals surface area (Å²) in [4.78, 5) is 14.3. The number of amides is 1. The van der Waals surface area contributed by atoms with Crippen LogP contribution in [-0.4, -0.2) is 43.7 Å². The predicted molar refractivity (Wildman–Crippen MR) is 111 cm³/mol. The van der Waals surface area contributed by atoms with Crippen LogP contribution in [0.3, 0.4) is 0 Å². The first-order chi connectivity index (χ1) is 13.6. The largest absolute Gasteiger partial charge is 0.490 e. The molecule has 0 aromatic heterocycles. The highest BCUT2D eigenvalue weighted by molar-refractivity contribution is 5.77. The van der Waals surface area contributed by atoms with Gasteiger partial charge in [0.15, 0.2) is 6.61 Å². The van der Waals surface area contributed by atoms with Crippen LogP contribution in [-0.2, 0) is 17.8 Å². The molecule has 1 amide bonds. The number of nitrogens with zero attached hydrogens (tertiary/aromatic N) is 1.